The SMILES string of the molecule is O=C1C=CC(=O)N1CCc1cccnc1. The predicted molar refractivity (Wildman–Crippen MR) is 53.8 cm³/mol. The van der Waals surface area contributed by atoms with Gasteiger partial charge in [-0.15, -0.1) is 0 Å². The highest BCUT2D eigenvalue weighted by atomic mass is 16.2. The molecule has 2 heterocycles. The van der Waals surface area contributed by atoms with E-state index in [1.807, 2.05) is 12.1 Å². The van der Waals surface area contributed by atoms with Crippen LogP contribution in [0.15, 0.2) is 36.7 Å². The van der Waals surface area contributed by atoms with Crippen LogP contribution in [0, 0.1) is 0 Å². The standard InChI is InChI=1S/C11H10N2O2/c14-10-3-4-11(15)13(10)7-5-9-2-1-6-12-8-9/h1-4,6,8H,5,7H2. The third-order valence-electron chi connectivity index (χ3n) is 2.25. The van der Waals surface area contributed by atoms with Crippen molar-refractivity contribution < 1.29 is 9.59 Å². The van der Waals surface area contributed by atoms with E-state index in [1.54, 1.807) is 12.4 Å². The predicted octanol–water partition coefficient (Wildman–Crippen LogP) is 0.549. The summed E-state index contributed by atoms with van der Waals surface area (Å²) in [6.07, 6.45) is 6.67. The molecule has 0 bridgehead atoms. The van der Waals surface area contributed by atoms with E-state index in [0.29, 0.717) is 13.0 Å². The van der Waals surface area contributed by atoms with Gasteiger partial charge in [-0.25, -0.2) is 0 Å². The Labute approximate surface area is 87.2 Å². The van der Waals surface area contributed by atoms with E-state index in [4.69, 9.17) is 0 Å². The second-order valence-electron chi connectivity index (χ2n) is 3.27. The van der Waals surface area contributed by atoms with Gasteiger partial charge in [0.25, 0.3) is 11.8 Å². The maximum absolute atomic E-state index is 11.2. The van der Waals surface area contributed by atoms with Crippen molar-refractivity contribution in [2.45, 2.75) is 6.42 Å². The van der Waals surface area contributed by atoms with Gasteiger partial charge in [0, 0.05) is 31.1 Å². The zero-order valence-electron chi connectivity index (χ0n) is 8.09. The first-order chi connectivity index (χ1) is 7.27. The molecular weight excluding hydrogens is 192 g/mol. The highest BCUT2D eigenvalue weighted by Gasteiger charge is 2.22. The maximum Gasteiger partial charge on any atom is 0.253 e. The number of pyridine rings is 1. The molecule has 0 spiro atoms. The number of rotatable bonds is 3. The Morgan fingerprint density at radius 1 is 1.20 bits per heavy atom. The molecule has 4 heteroatoms. The monoisotopic (exact) mass is 202 g/mol. The van der Waals surface area contributed by atoms with Crippen LogP contribution in [0.2, 0.25) is 0 Å². The highest BCUT2D eigenvalue weighted by Crippen LogP contribution is 2.05. The molecule has 15 heavy (non-hydrogen) atoms. The van der Waals surface area contributed by atoms with Crippen molar-refractivity contribution >= 4 is 11.8 Å². The number of carbonyl (C=O) groups is 2. The average molecular weight is 202 g/mol. The Bertz CT molecular complexity index is 394. The van der Waals surface area contributed by atoms with E-state index >= 15 is 0 Å². The molecule has 0 saturated heterocycles. The van der Waals surface area contributed by atoms with E-state index in [1.165, 1.54) is 17.1 Å². The molecule has 0 aliphatic carbocycles. The number of carbonyl (C=O) groups excluding carboxylic acids is 2. The first-order valence-corrected chi connectivity index (χ1v) is 4.70. The van der Waals surface area contributed by atoms with Gasteiger partial charge in [-0.1, -0.05) is 6.07 Å². The molecule has 0 N–H and O–H groups in total. The molecule has 0 aromatic carbocycles. The summed E-state index contributed by atoms with van der Waals surface area (Å²) in [5.74, 6) is -0.465. The quantitative estimate of drug-likeness (QED) is 0.672. The van der Waals surface area contributed by atoms with Crippen LogP contribution in [-0.2, 0) is 16.0 Å². The summed E-state index contributed by atoms with van der Waals surface area (Å²) in [5.41, 5.74) is 1.02. The number of amides is 2. The largest absolute Gasteiger partial charge is 0.275 e. The molecule has 0 unspecified atom stereocenters. The van der Waals surface area contributed by atoms with E-state index < -0.39 is 0 Å². The topological polar surface area (TPSA) is 50.3 Å². The van der Waals surface area contributed by atoms with Gasteiger partial charge in [0.15, 0.2) is 0 Å². The third kappa shape index (κ3) is 2.10. The van der Waals surface area contributed by atoms with Crippen LogP contribution in [0.25, 0.3) is 0 Å². The number of nitrogens with zero attached hydrogens (tertiary/aromatic N) is 2. The minimum atomic E-state index is -0.233. The zero-order valence-corrected chi connectivity index (χ0v) is 8.09. The lowest BCUT2D eigenvalue weighted by Crippen LogP contribution is -2.31. The van der Waals surface area contributed by atoms with Crippen LogP contribution >= 0.6 is 0 Å². The van der Waals surface area contributed by atoms with Crippen LogP contribution in [0.1, 0.15) is 5.56 Å². The highest BCUT2D eigenvalue weighted by molar-refractivity contribution is 6.12. The molecule has 0 radical (unpaired) electrons. The van der Waals surface area contributed by atoms with Crippen LogP contribution in [0.3, 0.4) is 0 Å². The van der Waals surface area contributed by atoms with E-state index in [0.717, 1.165) is 5.56 Å². The molecule has 0 saturated carbocycles. The van der Waals surface area contributed by atoms with Crippen molar-refractivity contribution in [1.82, 2.24) is 9.88 Å². The second kappa shape index (κ2) is 4.04. The lowest BCUT2D eigenvalue weighted by molar-refractivity contribution is -0.136. The lowest BCUT2D eigenvalue weighted by atomic mass is 10.2. The molecular formula is C11H10N2O2. The molecule has 1 aromatic heterocycles. The van der Waals surface area contributed by atoms with Crippen LogP contribution < -0.4 is 0 Å². The van der Waals surface area contributed by atoms with Gasteiger partial charge in [0.1, 0.15) is 0 Å². The first kappa shape index (κ1) is 9.58. The van der Waals surface area contributed by atoms with Crippen molar-refractivity contribution in [3.8, 4) is 0 Å². The van der Waals surface area contributed by atoms with Gasteiger partial charge in [-0.2, -0.15) is 0 Å². The van der Waals surface area contributed by atoms with E-state index in [9.17, 15) is 9.59 Å². The van der Waals surface area contributed by atoms with Crippen molar-refractivity contribution in [3.05, 3.63) is 42.2 Å². The molecule has 2 rings (SSSR count). The summed E-state index contributed by atoms with van der Waals surface area (Å²) >= 11 is 0. The molecule has 0 fully saturated rings. The Hall–Kier alpha value is -1.97. The third-order valence-corrected chi connectivity index (χ3v) is 2.25. The molecule has 76 valence electrons. The van der Waals surface area contributed by atoms with E-state index in [-0.39, 0.29) is 11.8 Å². The van der Waals surface area contributed by atoms with Gasteiger partial charge >= 0.3 is 0 Å². The van der Waals surface area contributed by atoms with Crippen LogP contribution in [-0.4, -0.2) is 28.2 Å². The second-order valence-corrected chi connectivity index (χ2v) is 3.27. The molecule has 2 amide bonds. The summed E-state index contributed by atoms with van der Waals surface area (Å²) in [6, 6.07) is 3.76. The Morgan fingerprint density at radius 2 is 1.93 bits per heavy atom. The Balaban J connectivity index is 1.95. The summed E-state index contributed by atoms with van der Waals surface area (Å²) in [4.78, 5) is 27.6. The fourth-order valence-corrected chi connectivity index (χ4v) is 1.44. The molecule has 0 atom stereocenters. The lowest BCUT2D eigenvalue weighted by Gasteiger charge is -2.12. The van der Waals surface area contributed by atoms with Gasteiger partial charge in [-0.3, -0.25) is 19.5 Å². The number of hydrogen-bond acceptors (Lipinski definition) is 3. The summed E-state index contributed by atoms with van der Waals surface area (Å²) in [7, 11) is 0. The Morgan fingerprint density at radius 3 is 2.53 bits per heavy atom. The minimum absolute atomic E-state index is 0.233. The van der Waals surface area contributed by atoms with Crippen molar-refractivity contribution in [2.24, 2.45) is 0 Å². The van der Waals surface area contributed by atoms with Crippen LogP contribution in [0.5, 0.6) is 0 Å². The fraction of sp³-hybridized carbons (Fsp3) is 0.182. The van der Waals surface area contributed by atoms with Crippen molar-refractivity contribution in [1.29, 1.82) is 0 Å². The smallest absolute Gasteiger partial charge is 0.253 e. The Kier molecular flexibility index (Phi) is 2.58. The van der Waals surface area contributed by atoms with Crippen molar-refractivity contribution in [2.75, 3.05) is 6.54 Å². The first-order valence-electron chi connectivity index (χ1n) is 4.70. The fourth-order valence-electron chi connectivity index (χ4n) is 1.44. The van der Waals surface area contributed by atoms with E-state index in [2.05, 4.69) is 4.98 Å². The van der Waals surface area contributed by atoms with Crippen molar-refractivity contribution in [3.63, 3.8) is 0 Å². The molecule has 4 nitrogen and oxygen atoms in total. The maximum atomic E-state index is 11.2. The number of imide groups is 1. The normalized spacial score (nSPS) is 15.1. The molecule has 1 aliphatic rings. The summed E-state index contributed by atoms with van der Waals surface area (Å²) in [5, 5.41) is 0. The average Bonchev–Trinajstić information content (AvgIpc) is 2.58. The van der Waals surface area contributed by atoms with Gasteiger partial charge in [0.2, 0.25) is 0 Å². The zero-order chi connectivity index (χ0) is 10.7. The minimum Gasteiger partial charge on any atom is -0.275 e. The molecule has 1 aliphatic heterocycles. The van der Waals surface area contributed by atoms with Gasteiger partial charge < -0.3 is 0 Å². The molecule has 1 aromatic rings. The summed E-state index contributed by atoms with van der Waals surface area (Å²) in [6.45, 7) is 0.413. The number of aromatic nitrogens is 1. The van der Waals surface area contributed by atoms with Gasteiger partial charge in [-0.05, 0) is 18.1 Å². The van der Waals surface area contributed by atoms with Crippen LogP contribution in [0.4, 0.5) is 0 Å². The van der Waals surface area contributed by atoms with Gasteiger partial charge in [0.05, 0.1) is 0 Å². The number of hydrogen-bond donors (Lipinski definition) is 0. The summed E-state index contributed by atoms with van der Waals surface area (Å²) < 4.78 is 0.